The molecule has 1 saturated heterocycles. The number of piperazine rings is 1. The Kier molecular flexibility index (Phi) is 8.55. The van der Waals surface area contributed by atoms with E-state index < -0.39 is 22.2 Å². The van der Waals surface area contributed by atoms with Crippen molar-refractivity contribution >= 4 is 39.6 Å². The van der Waals surface area contributed by atoms with Crippen molar-refractivity contribution in [3.05, 3.63) is 75.4 Å². The van der Waals surface area contributed by atoms with Gasteiger partial charge >= 0.3 is 203 Å². The molecule has 9 heteroatoms. The summed E-state index contributed by atoms with van der Waals surface area (Å²) in [5, 5.41) is 2.94. The SMILES string of the molecule is CN1CCN(c2ccccc2C(=O)NC2=[N][In]([O]CCOCc3ccc(F)cc3)[CH]=C2)CC1. The molecular weight excluding hydrogens is 526 g/mol. The van der Waals surface area contributed by atoms with E-state index in [0.29, 0.717) is 31.2 Å². The molecule has 2 aromatic rings. The first kappa shape index (κ1) is 23.9. The van der Waals surface area contributed by atoms with Gasteiger partial charge < -0.3 is 0 Å². The number of anilines is 1. The fourth-order valence-electron chi connectivity index (χ4n) is 3.73. The van der Waals surface area contributed by atoms with Crippen LogP contribution < -0.4 is 10.2 Å². The molecule has 2 heterocycles. The number of ether oxygens (including phenoxy) is 1. The minimum atomic E-state index is -2.66. The Morgan fingerprint density at radius 1 is 1.09 bits per heavy atom. The summed E-state index contributed by atoms with van der Waals surface area (Å²) in [6, 6.07) is 14.0. The summed E-state index contributed by atoms with van der Waals surface area (Å²) in [4.78, 5) is 17.5. The number of amides is 1. The molecule has 0 aliphatic carbocycles. The second kappa shape index (κ2) is 11.8. The predicted molar refractivity (Wildman–Crippen MR) is 128 cm³/mol. The Labute approximate surface area is 202 Å². The van der Waals surface area contributed by atoms with Crippen LogP contribution in [0.15, 0.2) is 61.4 Å². The van der Waals surface area contributed by atoms with Gasteiger partial charge in [-0.1, -0.05) is 0 Å². The van der Waals surface area contributed by atoms with Gasteiger partial charge in [-0.15, -0.1) is 0 Å². The maximum absolute atomic E-state index is 13.0. The molecule has 1 fully saturated rings. The maximum atomic E-state index is 13.0. The van der Waals surface area contributed by atoms with Crippen LogP contribution in [-0.2, 0) is 14.2 Å². The monoisotopic (exact) mass is 554 g/mol. The second-order valence-electron chi connectivity index (χ2n) is 8.08. The number of hydrogen-bond donors (Lipinski definition) is 1. The number of nitrogens with zero attached hydrogens (tertiary/aromatic N) is 3. The van der Waals surface area contributed by atoms with Gasteiger partial charge in [0.2, 0.25) is 0 Å². The Hall–Kier alpha value is -2.20. The molecular formula is C24H28FInN4O3. The van der Waals surface area contributed by atoms with E-state index in [4.69, 9.17) is 7.59 Å². The van der Waals surface area contributed by atoms with Crippen molar-refractivity contribution in [2.24, 2.45) is 2.98 Å². The fraction of sp³-hybridized carbons (Fsp3) is 0.333. The van der Waals surface area contributed by atoms with Crippen molar-refractivity contribution in [1.29, 1.82) is 0 Å². The van der Waals surface area contributed by atoms with Crippen molar-refractivity contribution in [3.63, 3.8) is 0 Å². The Morgan fingerprint density at radius 3 is 2.64 bits per heavy atom. The van der Waals surface area contributed by atoms with Crippen LogP contribution in [0.3, 0.4) is 0 Å². The zero-order valence-corrected chi connectivity index (χ0v) is 22.0. The number of likely N-dealkylation sites (N-methyl/N-ethyl adjacent to an activating group) is 1. The first-order chi connectivity index (χ1) is 16.1. The molecule has 4 rings (SSSR count). The van der Waals surface area contributed by atoms with Gasteiger partial charge in [-0.05, 0) is 0 Å². The van der Waals surface area contributed by atoms with Gasteiger partial charge in [-0.3, -0.25) is 0 Å². The number of nitrogens with one attached hydrogen (secondary N) is 1. The molecule has 2 aliphatic heterocycles. The van der Waals surface area contributed by atoms with Gasteiger partial charge in [0, 0.05) is 0 Å². The Balaban J connectivity index is 1.23. The molecule has 33 heavy (non-hydrogen) atoms. The number of amidine groups is 1. The van der Waals surface area contributed by atoms with Crippen LogP contribution in [0.1, 0.15) is 15.9 Å². The molecule has 2 aliphatic rings. The molecule has 1 N–H and O–H groups in total. The topological polar surface area (TPSA) is 66.4 Å². The molecule has 0 atom stereocenters. The molecule has 0 radical (unpaired) electrons. The average molecular weight is 554 g/mol. The van der Waals surface area contributed by atoms with Crippen molar-refractivity contribution in [2.75, 3.05) is 51.3 Å². The van der Waals surface area contributed by atoms with Crippen LogP contribution in [0.2, 0.25) is 0 Å². The van der Waals surface area contributed by atoms with Crippen molar-refractivity contribution in [2.45, 2.75) is 6.61 Å². The van der Waals surface area contributed by atoms with E-state index in [1.807, 2.05) is 34.2 Å². The number of carbonyl (C=O) groups excluding carboxylic acids is 1. The molecule has 7 nitrogen and oxygen atoms in total. The van der Waals surface area contributed by atoms with E-state index in [1.54, 1.807) is 12.1 Å². The second-order valence-corrected chi connectivity index (χ2v) is 13.1. The summed E-state index contributed by atoms with van der Waals surface area (Å²) in [6.07, 6.45) is 1.84. The summed E-state index contributed by atoms with van der Waals surface area (Å²) >= 11 is -2.66. The van der Waals surface area contributed by atoms with E-state index in [0.717, 1.165) is 37.4 Å². The molecule has 0 spiro atoms. The number of carbonyl (C=O) groups is 1. The zero-order chi connectivity index (χ0) is 23.0. The van der Waals surface area contributed by atoms with Crippen LogP contribution >= 0.6 is 0 Å². The molecule has 0 aromatic heterocycles. The summed E-state index contributed by atoms with van der Waals surface area (Å²) in [6.45, 7) is 5.06. The van der Waals surface area contributed by atoms with Gasteiger partial charge in [0.15, 0.2) is 0 Å². The molecule has 1 amide bonds. The van der Waals surface area contributed by atoms with Crippen molar-refractivity contribution in [1.82, 2.24) is 10.2 Å². The quantitative estimate of drug-likeness (QED) is 0.509. The third kappa shape index (κ3) is 6.89. The van der Waals surface area contributed by atoms with E-state index in [2.05, 4.69) is 25.1 Å². The van der Waals surface area contributed by atoms with Gasteiger partial charge in [0.05, 0.1) is 0 Å². The van der Waals surface area contributed by atoms with Crippen LogP contribution in [0, 0.1) is 5.82 Å². The Morgan fingerprint density at radius 2 is 1.85 bits per heavy atom. The average Bonchev–Trinajstić information content (AvgIpc) is 3.27. The number of halogens is 1. The van der Waals surface area contributed by atoms with Gasteiger partial charge in [0.25, 0.3) is 0 Å². The van der Waals surface area contributed by atoms with Gasteiger partial charge in [-0.2, -0.15) is 0 Å². The zero-order valence-electron chi connectivity index (χ0n) is 18.7. The molecule has 0 saturated carbocycles. The van der Waals surface area contributed by atoms with E-state index >= 15 is 0 Å². The van der Waals surface area contributed by atoms with Crippen molar-refractivity contribution in [3.8, 4) is 0 Å². The molecule has 0 unspecified atom stereocenters. The standard InChI is InChI=1S/C15H18N4O.C9H10FO2.In/c1-3-14(16)17-15(20)12-6-4-5-7-13(12)19-10-8-18(2)9-11-19;10-9-3-1-8(2-4-9)7-12-6-5-11;/h1,3-7H,8-11H2,2H3,(H-,16,17,20);1-4H,5-7H2;/q2*-1;+2. The van der Waals surface area contributed by atoms with Gasteiger partial charge in [-0.25, -0.2) is 0 Å². The number of benzene rings is 2. The normalized spacial score (nSPS) is 16.2. The Bertz CT molecular complexity index is 1010. The predicted octanol–water partition coefficient (Wildman–Crippen LogP) is 2.54. The molecule has 2 aromatic carbocycles. The minimum absolute atomic E-state index is 0.150. The van der Waals surface area contributed by atoms with Crippen LogP contribution in [-0.4, -0.2) is 85.2 Å². The fourth-order valence-corrected chi connectivity index (χ4v) is 7.68. The molecule has 172 valence electrons. The summed E-state index contributed by atoms with van der Waals surface area (Å²) in [5.74, 6) is 0.163. The first-order valence-corrected chi connectivity index (χ1v) is 15.8. The summed E-state index contributed by atoms with van der Waals surface area (Å²) in [7, 11) is 2.11. The number of para-hydroxylation sites is 1. The third-order valence-corrected chi connectivity index (χ3v) is 10.3. The van der Waals surface area contributed by atoms with E-state index in [-0.39, 0.29) is 11.7 Å². The summed E-state index contributed by atoms with van der Waals surface area (Å²) < 4.78 is 31.0. The molecule has 0 bridgehead atoms. The van der Waals surface area contributed by atoms with E-state index in [1.165, 1.54) is 12.1 Å². The van der Waals surface area contributed by atoms with E-state index in [9.17, 15) is 9.18 Å². The van der Waals surface area contributed by atoms with Gasteiger partial charge in [0.1, 0.15) is 0 Å². The number of rotatable bonds is 8. The van der Waals surface area contributed by atoms with Crippen LogP contribution in [0.25, 0.3) is 0 Å². The van der Waals surface area contributed by atoms with Crippen LogP contribution in [0.5, 0.6) is 0 Å². The number of hydrogen-bond acceptors (Lipinski definition) is 6. The first-order valence-electron chi connectivity index (χ1n) is 11.1. The van der Waals surface area contributed by atoms with Crippen molar-refractivity contribution < 1.29 is 16.8 Å². The summed E-state index contributed by atoms with van der Waals surface area (Å²) in [5.41, 5.74) is 2.53. The van der Waals surface area contributed by atoms with Crippen LogP contribution in [0.4, 0.5) is 10.1 Å². The third-order valence-electron chi connectivity index (χ3n) is 5.62.